The molecule has 1 saturated heterocycles. The highest BCUT2D eigenvalue weighted by molar-refractivity contribution is 5.93. The van der Waals surface area contributed by atoms with Gasteiger partial charge in [-0.2, -0.15) is 0 Å². The van der Waals surface area contributed by atoms with E-state index < -0.39 is 0 Å². The number of carbonyl (C=O) groups is 1. The summed E-state index contributed by atoms with van der Waals surface area (Å²) in [6, 6.07) is 14.0. The Morgan fingerprint density at radius 1 is 1.11 bits per heavy atom. The lowest BCUT2D eigenvalue weighted by Crippen LogP contribution is -2.48. The van der Waals surface area contributed by atoms with Crippen molar-refractivity contribution in [2.75, 3.05) is 51.8 Å². The van der Waals surface area contributed by atoms with Crippen LogP contribution < -0.4 is 14.8 Å². The molecule has 1 amide bonds. The molecular weight excluding hydrogens is 354 g/mol. The van der Waals surface area contributed by atoms with Crippen LogP contribution in [-0.4, -0.2) is 62.1 Å². The lowest BCUT2D eigenvalue weighted by atomic mass is 10.1. The molecule has 0 unspecified atom stereocenters. The van der Waals surface area contributed by atoms with E-state index in [1.165, 1.54) is 11.1 Å². The van der Waals surface area contributed by atoms with E-state index in [1.54, 1.807) is 7.11 Å². The Bertz CT molecular complexity index is 832. The van der Waals surface area contributed by atoms with Gasteiger partial charge >= 0.3 is 0 Å². The van der Waals surface area contributed by atoms with Gasteiger partial charge in [-0.25, -0.2) is 0 Å². The standard InChI is InChI=1S/C22H27N3O3/c1-27-21-5-3-2-4-19(21)23-22(26)16-25-11-9-24(10-12-25)15-17-6-7-20-18(14-17)8-13-28-20/h2-7,14H,8-13,15-16H2,1H3,(H,23,26). The molecule has 0 aliphatic carbocycles. The maximum absolute atomic E-state index is 12.4. The maximum atomic E-state index is 12.4. The van der Waals surface area contributed by atoms with Gasteiger partial charge in [0.15, 0.2) is 0 Å². The van der Waals surface area contributed by atoms with Crippen molar-refractivity contribution in [1.82, 2.24) is 9.80 Å². The van der Waals surface area contributed by atoms with Crippen LogP contribution >= 0.6 is 0 Å². The number of hydrogen-bond donors (Lipinski definition) is 1. The molecule has 0 bridgehead atoms. The van der Waals surface area contributed by atoms with Crippen molar-refractivity contribution < 1.29 is 14.3 Å². The minimum absolute atomic E-state index is 0.00317. The molecule has 1 N–H and O–H groups in total. The fraction of sp³-hybridized carbons (Fsp3) is 0.409. The van der Waals surface area contributed by atoms with Crippen molar-refractivity contribution in [3.8, 4) is 11.5 Å². The summed E-state index contributed by atoms with van der Waals surface area (Å²) in [4.78, 5) is 17.1. The second kappa shape index (κ2) is 8.63. The van der Waals surface area contributed by atoms with E-state index in [0.717, 1.165) is 51.5 Å². The molecule has 2 aromatic rings. The van der Waals surface area contributed by atoms with E-state index in [4.69, 9.17) is 9.47 Å². The van der Waals surface area contributed by atoms with Crippen LogP contribution in [0.1, 0.15) is 11.1 Å². The number of hydrogen-bond acceptors (Lipinski definition) is 5. The van der Waals surface area contributed by atoms with Crippen LogP contribution in [0.3, 0.4) is 0 Å². The molecule has 2 aliphatic heterocycles. The van der Waals surface area contributed by atoms with E-state index in [-0.39, 0.29) is 5.91 Å². The predicted octanol–water partition coefficient (Wildman–Crippen LogP) is 2.39. The molecule has 4 rings (SSSR count). The number of fused-ring (bicyclic) bond motifs is 1. The molecule has 0 atom stereocenters. The number of nitrogens with zero attached hydrogens (tertiary/aromatic N) is 2. The Balaban J connectivity index is 1.24. The Morgan fingerprint density at radius 2 is 1.89 bits per heavy atom. The van der Waals surface area contributed by atoms with Gasteiger partial charge in [0.05, 0.1) is 25.9 Å². The molecule has 2 heterocycles. The Hall–Kier alpha value is -2.57. The third kappa shape index (κ3) is 4.46. The summed E-state index contributed by atoms with van der Waals surface area (Å²) in [5, 5.41) is 2.95. The van der Waals surface area contributed by atoms with Crippen LogP contribution in [0.5, 0.6) is 11.5 Å². The first-order valence-corrected chi connectivity index (χ1v) is 9.83. The topological polar surface area (TPSA) is 54.0 Å². The van der Waals surface area contributed by atoms with Gasteiger partial charge in [0, 0.05) is 39.1 Å². The van der Waals surface area contributed by atoms with Gasteiger partial charge in [0.1, 0.15) is 11.5 Å². The normalized spacial score (nSPS) is 17.0. The number of carbonyl (C=O) groups excluding carboxylic acids is 1. The molecular formula is C22H27N3O3. The Morgan fingerprint density at radius 3 is 2.71 bits per heavy atom. The van der Waals surface area contributed by atoms with E-state index in [1.807, 2.05) is 24.3 Å². The van der Waals surface area contributed by atoms with E-state index in [2.05, 4.69) is 33.3 Å². The summed E-state index contributed by atoms with van der Waals surface area (Å²) < 4.78 is 10.9. The first kappa shape index (κ1) is 18.8. The number of para-hydroxylation sites is 2. The second-order valence-corrected chi connectivity index (χ2v) is 7.34. The number of nitrogens with one attached hydrogen (secondary N) is 1. The summed E-state index contributed by atoms with van der Waals surface area (Å²) in [6.07, 6.45) is 1.01. The third-order valence-corrected chi connectivity index (χ3v) is 5.37. The van der Waals surface area contributed by atoms with Crippen molar-refractivity contribution in [1.29, 1.82) is 0 Å². The summed E-state index contributed by atoms with van der Waals surface area (Å²) in [6.45, 7) is 5.89. The van der Waals surface area contributed by atoms with Crippen molar-refractivity contribution in [3.05, 3.63) is 53.6 Å². The van der Waals surface area contributed by atoms with Gasteiger partial charge in [-0.15, -0.1) is 0 Å². The molecule has 28 heavy (non-hydrogen) atoms. The minimum Gasteiger partial charge on any atom is -0.495 e. The van der Waals surface area contributed by atoms with Crippen LogP contribution in [0.25, 0.3) is 0 Å². The number of piperazine rings is 1. The predicted molar refractivity (Wildman–Crippen MR) is 109 cm³/mol. The summed E-state index contributed by atoms with van der Waals surface area (Å²) in [7, 11) is 1.61. The van der Waals surface area contributed by atoms with Crippen molar-refractivity contribution >= 4 is 11.6 Å². The number of rotatable bonds is 6. The number of benzene rings is 2. The highest BCUT2D eigenvalue weighted by Crippen LogP contribution is 2.26. The molecule has 0 spiro atoms. The fourth-order valence-corrected chi connectivity index (χ4v) is 3.84. The zero-order chi connectivity index (χ0) is 19.3. The zero-order valence-electron chi connectivity index (χ0n) is 16.3. The van der Waals surface area contributed by atoms with Crippen molar-refractivity contribution in [2.45, 2.75) is 13.0 Å². The number of ether oxygens (including phenoxy) is 2. The van der Waals surface area contributed by atoms with Gasteiger partial charge in [-0.3, -0.25) is 14.6 Å². The molecule has 0 saturated carbocycles. The first-order chi connectivity index (χ1) is 13.7. The molecule has 6 nitrogen and oxygen atoms in total. The van der Waals surface area contributed by atoms with Gasteiger partial charge < -0.3 is 14.8 Å². The lowest BCUT2D eigenvalue weighted by molar-refractivity contribution is -0.117. The molecule has 0 radical (unpaired) electrons. The summed E-state index contributed by atoms with van der Waals surface area (Å²) in [5.74, 6) is 1.71. The monoisotopic (exact) mass is 381 g/mol. The van der Waals surface area contributed by atoms with Crippen LogP contribution in [0.15, 0.2) is 42.5 Å². The van der Waals surface area contributed by atoms with Crippen LogP contribution in [0.2, 0.25) is 0 Å². The maximum Gasteiger partial charge on any atom is 0.238 e. The first-order valence-electron chi connectivity index (χ1n) is 9.83. The molecule has 2 aromatic carbocycles. The highest BCUT2D eigenvalue weighted by Gasteiger charge is 2.20. The molecule has 0 aromatic heterocycles. The SMILES string of the molecule is COc1ccccc1NC(=O)CN1CCN(Cc2ccc3c(c2)CCO3)CC1. The van der Waals surface area contributed by atoms with Crippen LogP contribution in [0, 0.1) is 0 Å². The number of amides is 1. The van der Waals surface area contributed by atoms with Crippen molar-refractivity contribution in [3.63, 3.8) is 0 Å². The van der Waals surface area contributed by atoms with Gasteiger partial charge in [0.25, 0.3) is 0 Å². The van der Waals surface area contributed by atoms with Gasteiger partial charge in [-0.1, -0.05) is 24.3 Å². The third-order valence-electron chi connectivity index (χ3n) is 5.37. The van der Waals surface area contributed by atoms with E-state index in [0.29, 0.717) is 18.0 Å². The number of methoxy groups -OCH3 is 1. The zero-order valence-corrected chi connectivity index (χ0v) is 16.3. The highest BCUT2D eigenvalue weighted by atomic mass is 16.5. The van der Waals surface area contributed by atoms with Gasteiger partial charge in [-0.05, 0) is 29.3 Å². The average Bonchev–Trinajstić information content (AvgIpc) is 3.18. The molecule has 6 heteroatoms. The van der Waals surface area contributed by atoms with Gasteiger partial charge in [0.2, 0.25) is 5.91 Å². The lowest BCUT2D eigenvalue weighted by Gasteiger charge is -2.34. The molecule has 148 valence electrons. The second-order valence-electron chi connectivity index (χ2n) is 7.34. The summed E-state index contributed by atoms with van der Waals surface area (Å²) >= 11 is 0. The minimum atomic E-state index is -0.00317. The fourth-order valence-electron chi connectivity index (χ4n) is 3.84. The largest absolute Gasteiger partial charge is 0.495 e. The van der Waals surface area contributed by atoms with Crippen LogP contribution in [0.4, 0.5) is 5.69 Å². The quantitative estimate of drug-likeness (QED) is 0.833. The molecule has 1 fully saturated rings. The summed E-state index contributed by atoms with van der Waals surface area (Å²) in [5.41, 5.74) is 3.38. The Kier molecular flexibility index (Phi) is 5.78. The molecule has 2 aliphatic rings. The average molecular weight is 381 g/mol. The van der Waals surface area contributed by atoms with Crippen molar-refractivity contribution in [2.24, 2.45) is 0 Å². The van der Waals surface area contributed by atoms with E-state index >= 15 is 0 Å². The van der Waals surface area contributed by atoms with E-state index in [9.17, 15) is 4.79 Å². The van der Waals surface area contributed by atoms with Crippen LogP contribution in [-0.2, 0) is 17.8 Å². The Labute approximate surface area is 166 Å². The number of anilines is 1. The smallest absolute Gasteiger partial charge is 0.238 e.